The Labute approximate surface area is 123 Å². The van der Waals surface area contributed by atoms with Crippen LogP contribution in [-0.4, -0.2) is 18.8 Å². The standard InChI is InChI=1S/C18H18O3/c1-13-7-6-8-14-11-16(21-17(13)14)18(19,12-20-2)15-9-4-3-5-10-15/h3-11,19H,12H2,1-2H3. The summed E-state index contributed by atoms with van der Waals surface area (Å²) in [4.78, 5) is 0. The summed E-state index contributed by atoms with van der Waals surface area (Å²) in [5.41, 5.74) is 1.31. The molecule has 0 spiro atoms. The highest BCUT2D eigenvalue weighted by molar-refractivity contribution is 5.81. The molecule has 0 aliphatic rings. The first-order valence-electron chi connectivity index (χ1n) is 6.91. The second-order valence-electron chi connectivity index (χ2n) is 5.26. The molecule has 1 aromatic heterocycles. The maximum absolute atomic E-state index is 11.1. The van der Waals surface area contributed by atoms with Gasteiger partial charge in [-0.1, -0.05) is 48.5 Å². The normalized spacial score (nSPS) is 14.2. The summed E-state index contributed by atoms with van der Waals surface area (Å²) in [6.07, 6.45) is 0. The molecule has 3 rings (SSSR count). The van der Waals surface area contributed by atoms with E-state index in [0.29, 0.717) is 5.76 Å². The van der Waals surface area contributed by atoms with Crippen molar-refractivity contribution in [1.29, 1.82) is 0 Å². The van der Waals surface area contributed by atoms with Crippen molar-refractivity contribution < 1.29 is 14.3 Å². The molecule has 1 N–H and O–H groups in total. The average Bonchev–Trinajstić information content (AvgIpc) is 2.94. The predicted molar refractivity (Wildman–Crippen MR) is 82.3 cm³/mol. The van der Waals surface area contributed by atoms with E-state index >= 15 is 0 Å². The van der Waals surface area contributed by atoms with Crippen LogP contribution in [0.5, 0.6) is 0 Å². The van der Waals surface area contributed by atoms with E-state index in [-0.39, 0.29) is 6.61 Å². The van der Waals surface area contributed by atoms with Gasteiger partial charge in [-0.3, -0.25) is 0 Å². The van der Waals surface area contributed by atoms with Crippen molar-refractivity contribution in [3.63, 3.8) is 0 Å². The number of hydrogen-bond acceptors (Lipinski definition) is 3. The Bertz CT molecular complexity index is 746. The number of furan rings is 1. The Morgan fingerprint density at radius 2 is 1.86 bits per heavy atom. The number of ether oxygens (including phenoxy) is 1. The van der Waals surface area contributed by atoms with Gasteiger partial charge in [0.25, 0.3) is 0 Å². The molecule has 1 atom stereocenters. The molecule has 1 heterocycles. The van der Waals surface area contributed by atoms with Crippen molar-refractivity contribution in [2.45, 2.75) is 12.5 Å². The lowest BCUT2D eigenvalue weighted by Crippen LogP contribution is -2.32. The average molecular weight is 282 g/mol. The second-order valence-corrected chi connectivity index (χ2v) is 5.26. The SMILES string of the molecule is COCC(O)(c1ccccc1)c1cc2cccc(C)c2o1. The summed E-state index contributed by atoms with van der Waals surface area (Å²) in [6, 6.07) is 17.3. The van der Waals surface area contributed by atoms with E-state index in [2.05, 4.69) is 0 Å². The summed E-state index contributed by atoms with van der Waals surface area (Å²) in [7, 11) is 1.57. The molecule has 0 aliphatic carbocycles. The molecule has 3 nitrogen and oxygen atoms in total. The first-order chi connectivity index (χ1) is 10.1. The molecule has 0 bridgehead atoms. The van der Waals surface area contributed by atoms with Gasteiger partial charge in [-0.2, -0.15) is 0 Å². The molecule has 0 aliphatic heterocycles. The van der Waals surface area contributed by atoms with E-state index in [1.807, 2.05) is 61.5 Å². The van der Waals surface area contributed by atoms with Crippen LogP contribution in [0.1, 0.15) is 16.9 Å². The number of para-hydroxylation sites is 1. The van der Waals surface area contributed by atoms with Gasteiger partial charge in [0, 0.05) is 12.5 Å². The fourth-order valence-corrected chi connectivity index (χ4v) is 2.63. The van der Waals surface area contributed by atoms with Crippen LogP contribution in [0.25, 0.3) is 11.0 Å². The first-order valence-corrected chi connectivity index (χ1v) is 6.91. The van der Waals surface area contributed by atoms with Gasteiger partial charge in [-0.25, -0.2) is 0 Å². The number of rotatable bonds is 4. The predicted octanol–water partition coefficient (Wildman–Crippen LogP) is 3.62. The van der Waals surface area contributed by atoms with Crippen molar-refractivity contribution in [3.8, 4) is 0 Å². The number of benzene rings is 2. The highest BCUT2D eigenvalue weighted by Crippen LogP contribution is 2.34. The van der Waals surface area contributed by atoms with Gasteiger partial charge in [0.15, 0.2) is 5.60 Å². The smallest absolute Gasteiger partial charge is 0.170 e. The Morgan fingerprint density at radius 1 is 1.10 bits per heavy atom. The lowest BCUT2D eigenvalue weighted by Gasteiger charge is -2.25. The molecule has 0 radical (unpaired) electrons. The third-order valence-electron chi connectivity index (χ3n) is 3.75. The van der Waals surface area contributed by atoms with Gasteiger partial charge in [0.05, 0.1) is 6.61 Å². The van der Waals surface area contributed by atoms with Crippen molar-refractivity contribution in [2.24, 2.45) is 0 Å². The van der Waals surface area contributed by atoms with Gasteiger partial charge in [0.1, 0.15) is 11.3 Å². The molecule has 0 saturated heterocycles. The van der Waals surface area contributed by atoms with Gasteiger partial charge in [0.2, 0.25) is 0 Å². The minimum Gasteiger partial charge on any atom is -0.457 e. The van der Waals surface area contributed by atoms with Crippen LogP contribution in [0.15, 0.2) is 59.0 Å². The van der Waals surface area contributed by atoms with Gasteiger partial charge < -0.3 is 14.3 Å². The fourth-order valence-electron chi connectivity index (χ4n) is 2.63. The van der Waals surface area contributed by atoms with Crippen LogP contribution in [0.2, 0.25) is 0 Å². The summed E-state index contributed by atoms with van der Waals surface area (Å²) in [5.74, 6) is 0.500. The first kappa shape index (κ1) is 13.9. The largest absolute Gasteiger partial charge is 0.457 e. The number of fused-ring (bicyclic) bond motifs is 1. The Kier molecular flexibility index (Phi) is 3.53. The molecular weight excluding hydrogens is 264 g/mol. The molecule has 0 saturated carbocycles. The van der Waals surface area contributed by atoms with E-state index in [4.69, 9.17) is 9.15 Å². The highest BCUT2D eigenvalue weighted by atomic mass is 16.5. The second kappa shape index (κ2) is 5.35. The zero-order chi connectivity index (χ0) is 14.9. The van der Waals surface area contributed by atoms with Crippen molar-refractivity contribution in [1.82, 2.24) is 0 Å². The van der Waals surface area contributed by atoms with Gasteiger partial charge >= 0.3 is 0 Å². The van der Waals surface area contributed by atoms with Crippen LogP contribution >= 0.6 is 0 Å². The Hall–Kier alpha value is -2.10. The molecule has 1 unspecified atom stereocenters. The number of aryl methyl sites for hydroxylation is 1. The van der Waals surface area contributed by atoms with Crippen LogP contribution < -0.4 is 0 Å². The zero-order valence-electron chi connectivity index (χ0n) is 12.2. The van der Waals surface area contributed by atoms with E-state index in [9.17, 15) is 5.11 Å². The fraction of sp³-hybridized carbons (Fsp3) is 0.222. The van der Waals surface area contributed by atoms with E-state index in [0.717, 1.165) is 22.1 Å². The molecule has 0 amide bonds. The Balaban J connectivity index is 2.18. The van der Waals surface area contributed by atoms with Gasteiger partial charge in [-0.05, 0) is 24.1 Å². The van der Waals surface area contributed by atoms with E-state index in [1.165, 1.54) is 0 Å². The zero-order valence-corrected chi connectivity index (χ0v) is 12.2. The number of hydrogen-bond donors (Lipinski definition) is 1. The number of methoxy groups -OCH3 is 1. The molecule has 108 valence electrons. The number of aliphatic hydroxyl groups is 1. The van der Waals surface area contributed by atoms with Crippen LogP contribution in [0.4, 0.5) is 0 Å². The third kappa shape index (κ3) is 2.35. The monoisotopic (exact) mass is 282 g/mol. The lowest BCUT2D eigenvalue weighted by molar-refractivity contribution is -0.0174. The summed E-state index contributed by atoms with van der Waals surface area (Å²) in [6.45, 7) is 2.13. The quantitative estimate of drug-likeness (QED) is 0.794. The van der Waals surface area contributed by atoms with Crippen LogP contribution in [0.3, 0.4) is 0 Å². The molecule has 3 heteroatoms. The lowest BCUT2D eigenvalue weighted by atomic mass is 9.92. The van der Waals surface area contributed by atoms with Crippen molar-refractivity contribution in [3.05, 3.63) is 71.5 Å². The van der Waals surface area contributed by atoms with E-state index < -0.39 is 5.60 Å². The van der Waals surface area contributed by atoms with Crippen LogP contribution in [0, 0.1) is 6.92 Å². The summed E-state index contributed by atoms with van der Waals surface area (Å²) in [5, 5.41) is 12.1. The Morgan fingerprint density at radius 3 is 2.52 bits per heavy atom. The highest BCUT2D eigenvalue weighted by Gasteiger charge is 2.35. The molecule has 2 aromatic carbocycles. The third-order valence-corrected chi connectivity index (χ3v) is 3.75. The van der Waals surface area contributed by atoms with E-state index in [1.54, 1.807) is 7.11 Å². The summed E-state index contributed by atoms with van der Waals surface area (Å²) < 4.78 is 11.2. The van der Waals surface area contributed by atoms with Crippen molar-refractivity contribution >= 4 is 11.0 Å². The minimum absolute atomic E-state index is 0.135. The molecule has 21 heavy (non-hydrogen) atoms. The maximum Gasteiger partial charge on any atom is 0.170 e. The topological polar surface area (TPSA) is 42.6 Å². The minimum atomic E-state index is -1.29. The van der Waals surface area contributed by atoms with Gasteiger partial charge in [-0.15, -0.1) is 0 Å². The molecule has 3 aromatic rings. The van der Waals surface area contributed by atoms with Crippen molar-refractivity contribution in [2.75, 3.05) is 13.7 Å². The molecular formula is C18H18O3. The van der Waals surface area contributed by atoms with Crippen LogP contribution in [-0.2, 0) is 10.3 Å². The molecule has 0 fully saturated rings. The maximum atomic E-state index is 11.1. The summed E-state index contributed by atoms with van der Waals surface area (Å²) >= 11 is 0.